The van der Waals surface area contributed by atoms with Crippen LogP contribution >= 0.6 is 23.2 Å². The van der Waals surface area contributed by atoms with E-state index in [2.05, 4.69) is 0 Å². The molecule has 1 aromatic heterocycles. The first-order valence-corrected chi connectivity index (χ1v) is 5.64. The van der Waals surface area contributed by atoms with E-state index in [-0.39, 0.29) is 0 Å². The molecule has 4 heteroatoms. The minimum atomic E-state index is 0.453. The number of carbonyl (C=O) groups excluding carboxylic acids is 1. The van der Waals surface area contributed by atoms with Gasteiger partial charge in [-0.3, -0.25) is 4.79 Å². The quantitative estimate of drug-likeness (QED) is 0.606. The number of benzene rings is 1. The van der Waals surface area contributed by atoms with Crippen LogP contribution in [0.4, 0.5) is 0 Å². The van der Waals surface area contributed by atoms with Crippen molar-refractivity contribution < 1.29 is 9.21 Å². The molecule has 1 aromatic carbocycles. The van der Waals surface area contributed by atoms with Gasteiger partial charge in [-0.1, -0.05) is 29.3 Å². The van der Waals surface area contributed by atoms with Crippen molar-refractivity contribution >= 4 is 35.6 Å². The lowest BCUT2D eigenvalue weighted by Crippen LogP contribution is -1.77. The minimum absolute atomic E-state index is 0.453. The highest BCUT2D eigenvalue weighted by atomic mass is 35.5. The van der Waals surface area contributed by atoms with E-state index in [1.165, 1.54) is 6.08 Å². The number of furan rings is 1. The molecule has 17 heavy (non-hydrogen) atoms. The SMILES string of the molecule is O=CC=Cc1ccc(-c2cccc(Cl)c2Cl)o1. The van der Waals surface area contributed by atoms with E-state index in [4.69, 9.17) is 27.6 Å². The van der Waals surface area contributed by atoms with Crippen LogP contribution in [0.15, 0.2) is 40.8 Å². The van der Waals surface area contributed by atoms with Crippen molar-refractivity contribution in [2.24, 2.45) is 0 Å². The molecular formula is C13H8Cl2O2. The Hall–Kier alpha value is -1.51. The third-order valence-corrected chi connectivity index (χ3v) is 3.00. The molecule has 0 atom stereocenters. The second-order valence-electron chi connectivity index (χ2n) is 3.30. The van der Waals surface area contributed by atoms with E-state index >= 15 is 0 Å². The van der Waals surface area contributed by atoms with Crippen LogP contribution in [-0.2, 0) is 4.79 Å². The van der Waals surface area contributed by atoms with Crippen LogP contribution in [0.3, 0.4) is 0 Å². The van der Waals surface area contributed by atoms with Crippen molar-refractivity contribution in [2.75, 3.05) is 0 Å². The molecule has 86 valence electrons. The van der Waals surface area contributed by atoms with E-state index < -0.39 is 0 Å². The molecule has 2 rings (SSSR count). The van der Waals surface area contributed by atoms with E-state index in [0.717, 1.165) is 5.56 Å². The minimum Gasteiger partial charge on any atom is -0.457 e. The molecule has 0 saturated heterocycles. The molecule has 2 nitrogen and oxygen atoms in total. The molecule has 2 aromatic rings. The zero-order valence-corrected chi connectivity index (χ0v) is 10.2. The van der Waals surface area contributed by atoms with Crippen LogP contribution in [0.25, 0.3) is 17.4 Å². The normalized spacial score (nSPS) is 10.9. The van der Waals surface area contributed by atoms with E-state index in [1.54, 1.807) is 30.3 Å². The molecule has 0 spiro atoms. The van der Waals surface area contributed by atoms with Gasteiger partial charge in [0.15, 0.2) is 0 Å². The number of halogens is 2. The molecule has 0 fully saturated rings. The number of carbonyl (C=O) groups is 1. The molecule has 0 bridgehead atoms. The second kappa shape index (κ2) is 5.21. The summed E-state index contributed by atoms with van der Waals surface area (Å²) in [6.07, 6.45) is 3.63. The van der Waals surface area contributed by atoms with Crippen molar-refractivity contribution in [3.05, 3.63) is 52.2 Å². The first-order valence-electron chi connectivity index (χ1n) is 4.88. The summed E-state index contributed by atoms with van der Waals surface area (Å²) in [5.41, 5.74) is 0.727. The van der Waals surface area contributed by atoms with Crippen molar-refractivity contribution in [3.8, 4) is 11.3 Å². The van der Waals surface area contributed by atoms with Crippen LogP contribution in [0, 0.1) is 0 Å². The Bertz CT molecular complexity index is 571. The van der Waals surface area contributed by atoms with Crippen molar-refractivity contribution in [1.82, 2.24) is 0 Å². The van der Waals surface area contributed by atoms with Gasteiger partial charge in [0.25, 0.3) is 0 Å². The third-order valence-electron chi connectivity index (χ3n) is 2.18. The summed E-state index contributed by atoms with van der Waals surface area (Å²) in [4.78, 5) is 10.2. The van der Waals surface area contributed by atoms with Crippen molar-refractivity contribution in [1.29, 1.82) is 0 Å². The Morgan fingerprint density at radius 1 is 1.12 bits per heavy atom. The van der Waals surface area contributed by atoms with Crippen molar-refractivity contribution in [2.45, 2.75) is 0 Å². The summed E-state index contributed by atoms with van der Waals surface area (Å²) in [7, 11) is 0. The Kier molecular flexibility index (Phi) is 3.67. The summed E-state index contributed by atoms with van der Waals surface area (Å²) in [6.45, 7) is 0. The lowest BCUT2D eigenvalue weighted by atomic mass is 10.2. The molecule has 0 aliphatic carbocycles. The number of allylic oxidation sites excluding steroid dienone is 1. The van der Waals surface area contributed by atoms with E-state index in [1.807, 2.05) is 6.07 Å². The fourth-order valence-electron chi connectivity index (χ4n) is 1.42. The zero-order chi connectivity index (χ0) is 12.3. The maximum Gasteiger partial charge on any atom is 0.142 e. The van der Waals surface area contributed by atoms with Crippen LogP contribution in [0.1, 0.15) is 5.76 Å². The number of hydrogen-bond donors (Lipinski definition) is 0. The van der Waals surface area contributed by atoms with Gasteiger partial charge in [-0.05, 0) is 36.4 Å². The zero-order valence-electron chi connectivity index (χ0n) is 8.69. The molecular weight excluding hydrogens is 259 g/mol. The summed E-state index contributed by atoms with van der Waals surface area (Å²) in [6, 6.07) is 8.87. The second-order valence-corrected chi connectivity index (χ2v) is 4.08. The van der Waals surface area contributed by atoms with Crippen molar-refractivity contribution in [3.63, 3.8) is 0 Å². The van der Waals surface area contributed by atoms with Gasteiger partial charge < -0.3 is 4.42 Å². The number of rotatable bonds is 3. The molecule has 0 aliphatic rings. The monoisotopic (exact) mass is 266 g/mol. The molecule has 0 N–H and O–H groups in total. The van der Waals surface area contributed by atoms with E-state index in [0.29, 0.717) is 27.9 Å². The van der Waals surface area contributed by atoms with Gasteiger partial charge in [0.2, 0.25) is 0 Å². The fraction of sp³-hybridized carbons (Fsp3) is 0. The number of aldehydes is 1. The average Bonchev–Trinajstić information content (AvgIpc) is 2.78. The lowest BCUT2D eigenvalue weighted by molar-refractivity contribution is -0.104. The smallest absolute Gasteiger partial charge is 0.142 e. The summed E-state index contributed by atoms with van der Waals surface area (Å²) < 4.78 is 5.52. The predicted octanol–water partition coefficient (Wildman–Crippen LogP) is 4.47. The summed E-state index contributed by atoms with van der Waals surface area (Å²) in [5, 5.41) is 0.931. The lowest BCUT2D eigenvalue weighted by Gasteiger charge is -2.01. The maximum absolute atomic E-state index is 10.2. The molecule has 1 heterocycles. The highest BCUT2D eigenvalue weighted by Gasteiger charge is 2.09. The average molecular weight is 267 g/mol. The third kappa shape index (κ3) is 2.60. The topological polar surface area (TPSA) is 30.2 Å². The molecule has 0 radical (unpaired) electrons. The Balaban J connectivity index is 2.40. The van der Waals surface area contributed by atoms with Gasteiger partial charge >= 0.3 is 0 Å². The Morgan fingerprint density at radius 2 is 1.94 bits per heavy atom. The van der Waals surface area contributed by atoms with Gasteiger partial charge in [0.05, 0.1) is 10.0 Å². The van der Waals surface area contributed by atoms with Gasteiger partial charge in [-0.25, -0.2) is 0 Å². The first kappa shape index (κ1) is 12.0. The molecule has 0 saturated carbocycles. The van der Waals surface area contributed by atoms with Crippen LogP contribution in [0.5, 0.6) is 0 Å². The highest BCUT2D eigenvalue weighted by molar-refractivity contribution is 6.43. The van der Waals surface area contributed by atoms with Crippen LogP contribution in [-0.4, -0.2) is 6.29 Å². The standard InChI is InChI=1S/C13H8Cl2O2/c14-11-5-1-4-10(13(11)15)12-7-6-9(17-12)3-2-8-16/h1-8H. The van der Waals surface area contributed by atoms with Gasteiger partial charge in [-0.15, -0.1) is 0 Å². The van der Waals surface area contributed by atoms with Gasteiger partial charge in [0, 0.05) is 5.56 Å². The predicted molar refractivity (Wildman–Crippen MR) is 69.3 cm³/mol. The summed E-state index contributed by atoms with van der Waals surface area (Å²) in [5.74, 6) is 1.20. The Morgan fingerprint density at radius 3 is 2.71 bits per heavy atom. The molecule has 0 amide bonds. The van der Waals surface area contributed by atoms with E-state index in [9.17, 15) is 4.79 Å². The summed E-state index contributed by atoms with van der Waals surface area (Å²) >= 11 is 12.0. The largest absolute Gasteiger partial charge is 0.457 e. The van der Waals surface area contributed by atoms with Crippen LogP contribution in [0.2, 0.25) is 10.0 Å². The first-order chi connectivity index (χ1) is 8.22. The van der Waals surface area contributed by atoms with Gasteiger partial charge in [-0.2, -0.15) is 0 Å². The number of hydrogen-bond acceptors (Lipinski definition) is 2. The van der Waals surface area contributed by atoms with Crippen LogP contribution < -0.4 is 0 Å². The maximum atomic E-state index is 10.2. The molecule has 0 unspecified atom stereocenters. The molecule has 0 aliphatic heterocycles. The van der Waals surface area contributed by atoms with Gasteiger partial charge in [0.1, 0.15) is 17.8 Å². The highest BCUT2D eigenvalue weighted by Crippen LogP contribution is 2.34. The fourth-order valence-corrected chi connectivity index (χ4v) is 1.81. The Labute approximate surface area is 108 Å².